The number of aliphatic hydroxyl groups is 1. The molecule has 160 valence electrons. The van der Waals surface area contributed by atoms with Crippen LogP contribution in [0.3, 0.4) is 0 Å². The highest BCUT2D eigenvalue weighted by Crippen LogP contribution is 2.34. The highest BCUT2D eigenvalue weighted by atomic mass is 32.2. The van der Waals surface area contributed by atoms with E-state index in [9.17, 15) is 18.3 Å². The van der Waals surface area contributed by atoms with E-state index in [2.05, 4.69) is 14.7 Å². The van der Waals surface area contributed by atoms with Gasteiger partial charge in [-0.1, -0.05) is 6.07 Å². The van der Waals surface area contributed by atoms with E-state index in [0.29, 0.717) is 42.5 Å². The lowest BCUT2D eigenvalue weighted by Crippen LogP contribution is -2.38. The Morgan fingerprint density at radius 1 is 1.17 bits per heavy atom. The molecule has 0 saturated heterocycles. The van der Waals surface area contributed by atoms with Gasteiger partial charge in [-0.2, -0.15) is 0 Å². The van der Waals surface area contributed by atoms with E-state index in [1.54, 1.807) is 19.1 Å². The van der Waals surface area contributed by atoms with Crippen molar-refractivity contribution in [2.24, 2.45) is 5.92 Å². The van der Waals surface area contributed by atoms with Crippen molar-refractivity contribution < 1.29 is 18.3 Å². The minimum absolute atomic E-state index is 0.0163. The molecule has 30 heavy (non-hydrogen) atoms. The van der Waals surface area contributed by atoms with Gasteiger partial charge in [-0.05, 0) is 63.1 Å². The van der Waals surface area contributed by atoms with Crippen LogP contribution >= 0.6 is 0 Å². The quantitative estimate of drug-likeness (QED) is 0.598. The molecule has 4 rings (SSSR count). The molecule has 1 aromatic carbocycles. The molecule has 2 fully saturated rings. The normalized spacial score (nSPS) is 22.1. The van der Waals surface area contributed by atoms with Crippen molar-refractivity contribution in [3.05, 3.63) is 35.7 Å². The number of benzene rings is 1. The lowest BCUT2D eigenvalue weighted by molar-refractivity contribution is 0.0963. The minimum atomic E-state index is -3.67. The SMILES string of the molecule is Cc1cc(S(=O)(=O)NC2CCC(O)CC2)ccc1-c1cnc(N)c(C(=O)C2CC2)n1. The number of nitrogens with two attached hydrogens (primary N) is 1. The molecule has 0 radical (unpaired) electrons. The van der Waals surface area contributed by atoms with E-state index >= 15 is 0 Å². The third-order valence-electron chi connectivity index (χ3n) is 5.78. The van der Waals surface area contributed by atoms with Crippen molar-refractivity contribution in [1.82, 2.24) is 14.7 Å². The number of ketones is 1. The summed E-state index contributed by atoms with van der Waals surface area (Å²) in [6.07, 6.45) is 5.30. The summed E-state index contributed by atoms with van der Waals surface area (Å²) in [7, 11) is -3.67. The highest BCUT2D eigenvalue weighted by Gasteiger charge is 2.33. The minimum Gasteiger partial charge on any atom is -0.393 e. The summed E-state index contributed by atoms with van der Waals surface area (Å²) in [5, 5.41) is 9.60. The molecular formula is C21H26N4O4S. The first-order chi connectivity index (χ1) is 14.2. The largest absolute Gasteiger partial charge is 0.393 e. The van der Waals surface area contributed by atoms with E-state index in [0.717, 1.165) is 12.8 Å². The summed E-state index contributed by atoms with van der Waals surface area (Å²) in [6, 6.07) is 4.64. The maximum absolute atomic E-state index is 12.8. The van der Waals surface area contributed by atoms with Crippen molar-refractivity contribution in [3.8, 4) is 11.3 Å². The lowest BCUT2D eigenvalue weighted by atomic mass is 9.94. The Labute approximate surface area is 176 Å². The second kappa shape index (κ2) is 8.05. The van der Waals surface area contributed by atoms with Crippen LogP contribution in [0, 0.1) is 12.8 Å². The fraction of sp³-hybridized carbons (Fsp3) is 0.476. The number of aliphatic hydroxyl groups excluding tert-OH is 1. The summed E-state index contributed by atoms with van der Waals surface area (Å²) in [6.45, 7) is 1.80. The Kier molecular flexibility index (Phi) is 5.61. The van der Waals surface area contributed by atoms with Crippen LogP contribution in [0.15, 0.2) is 29.3 Å². The van der Waals surface area contributed by atoms with Crippen LogP contribution < -0.4 is 10.5 Å². The Morgan fingerprint density at radius 3 is 2.50 bits per heavy atom. The molecular weight excluding hydrogens is 404 g/mol. The van der Waals surface area contributed by atoms with Gasteiger partial charge in [0.1, 0.15) is 5.69 Å². The molecule has 0 amide bonds. The fourth-order valence-corrected chi connectivity index (χ4v) is 5.21. The van der Waals surface area contributed by atoms with Crippen LogP contribution in [0.5, 0.6) is 0 Å². The molecule has 2 saturated carbocycles. The van der Waals surface area contributed by atoms with E-state index in [1.165, 1.54) is 12.3 Å². The number of carbonyl (C=O) groups excluding carboxylic acids is 1. The molecule has 0 atom stereocenters. The van der Waals surface area contributed by atoms with Crippen LogP contribution in [-0.2, 0) is 10.0 Å². The maximum atomic E-state index is 12.8. The van der Waals surface area contributed by atoms with E-state index in [4.69, 9.17) is 5.73 Å². The van der Waals surface area contributed by atoms with Crippen LogP contribution in [0.2, 0.25) is 0 Å². The zero-order valence-electron chi connectivity index (χ0n) is 16.8. The van der Waals surface area contributed by atoms with Crippen molar-refractivity contribution in [2.45, 2.75) is 62.5 Å². The van der Waals surface area contributed by atoms with Crippen LogP contribution in [0.1, 0.15) is 54.6 Å². The second-order valence-electron chi connectivity index (χ2n) is 8.23. The molecule has 4 N–H and O–H groups in total. The lowest BCUT2D eigenvalue weighted by Gasteiger charge is -2.26. The molecule has 1 heterocycles. The number of aromatic nitrogens is 2. The molecule has 0 bridgehead atoms. The van der Waals surface area contributed by atoms with Crippen molar-refractivity contribution in [3.63, 3.8) is 0 Å². The van der Waals surface area contributed by atoms with Gasteiger partial charge in [-0.3, -0.25) is 4.79 Å². The van der Waals surface area contributed by atoms with Gasteiger partial charge in [0.25, 0.3) is 0 Å². The average Bonchev–Trinajstić information content (AvgIpc) is 3.55. The third-order valence-corrected chi connectivity index (χ3v) is 7.30. The molecule has 0 aliphatic heterocycles. The smallest absolute Gasteiger partial charge is 0.240 e. The van der Waals surface area contributed by atoms with Gasteiger partial charge in [-0.15, -0.1) is 0 Å². The van der Waals surface area contributed by atoms with E-state index in [-0.39, 0.29) is 40.3 Å². The number of hydrogen-bond donors (Lipinski definition) is 3. The Hall–Kier alpha value is -2.36. The van der Waals surface area contributed by atoms with Crippen LogP contribution in [0.4, 0.5) is 5.82 Å². The topological polar surface area (TPSA) is 135 Å². The second-order valence-corrected chi connectivity index (χ2v) is 9.95. The van der Waals surface area contributed by atoms with Crippen LogP contribution in [-0.4, -0.2) is 41.4 Å². The number of aryl methyl sites for hydroxylation is 1. The summed E-state index contributed by atoms with van der Waals surface area (Å²) >= 11 is 0. The molecule has 2 aromatic rings. The number of carbonyl (C=O) groups is 1. The summed E-state index contributed by atoms with van der Waals surface area (Å²) in [4.78, 5) is 21.1. The van der Waals surface area contributed by atoms with E-state index < -0.39 is 10.0 Å². The van der Waals surface area contributed by atoms with Crippen molar-refractivity contribution in [2.75, 3.05) is 5.73 Å². The predicted molar refractivity (Wildman–Crippen MR) is 112 cm³/mol. The predicted octanol–water partition coefficient (Wildman–Crippen LogP) is 2.21. The number of Topliss-reactive ketones (excluding diaryl/α,β-unsaturated/α-hetero) is 1. The number of nitrogens with zero attached hydrogens (tertiary/aromatic N) is 2. The van der Waals surface area contributed by atoms with Crippen molar-refractivity contribution in [1.29, 1.82) is 0 Å². The first-order valence-electron chi connectivity index (χ1n) is 10.2. The van der Waals surface area contributed by atoms with Gasteiger partial charge in [0.2, 0.25) is 10.0 Å². The van der Waals surface area contributed by atoms with Gasteiger partial charge >= 0.3 is 0 Å². The Morgan fingerprint density at radius 2 is 1.87 bits per heavy atom. The average molecular weight is 431 g/mol. The number of nitrogens with one attached hydrogen (secondary N) is 1. The van der Waals surface area contributed by atoms with Gasteiger partial charge in [0.05, 0.1) is 22.9 Å². The zero-order chi connectivity index (χ0) is 21.5. The monoisotopic (exact) mass is 430 g/mol. The fourth-order valence-electron chi connectivity index (χ4n) is 3.82. The van der Waals surface area contributed by atoms with E-state index in [1.807, 2.05) is 0 Å². The molecule has 8 nitrogen and oxygen atoms in total. The first kappa shape index (κ1) is 20.9. The molecule has 2 aliphatic carbocycles. The molecule has 1 aromatic heterocycles. The number of nitrogen functional groups attached to an aromatic ring is 1. The van der Waals surface area contributed by atoms with Crippen molar-refractivity contribution >= 4 is 21.6 Å². The van der Waals surface area contributed by atoms with Gasteiger partial charge in [0, 0.05) is 17.5 Å². The molecule has 0 spiro atoms. The Bertz CT molecular complexity index is 1070. The summed E-state index contributed by atoms with van der Waals surface area (Å²) in [5.41, 5.74) is 7.94. The molecule has 0 unspecified atom stereocenters. The third kappa shape index (κ3) is 4.38. The highest BCUT2D eigenvalue weighted by molar-refractivity contribution is 7.89. The number of rotatable bonds is 6. The Balaban J connectivity index is 1.57. The van der Waals surface area contributed by atoms with Crippen LogP contribution in [0.25, 0.3) is 11.3 Å². The van der Waals surface area contributed by atoms with Gasteiger partial charge in [-0.25, -0.2) is 23.1 Å². The summed E-state index contributed by atoms with van der Waals surface area (Å²) < 4.78 is 28.3. The standard InChI is InChI=1S/C21H26N4O4S/c1-12-10-16(30(28,29)25-14-4-6-15(26)7-5-14)8-9-17(12)18-11-23-21(22)19(24-18)20(27)13-2-3-13/h8-11,13-15,25-26H,2-7H2,1H3,(H2,22,23). The first-order valence-corrected chi connectivity index (χ1v) is 11.7. The maximum Gasteiger partial charge on any atom is 0.240 e. The number of anilines is 1. The number of hydrogen-bond acceptors (Lipinski definition) is 7. The molecule has 2 aliphatic rings. The molecule has 9 heteroatoms. The number of sulfonamides is 1. The summed E-state index contributed by atoms with van der Waals surface area (Å²) in [5.74, 6) is 0.0206. The van der Waals surface area contributed by atoms with Gasteiger partial charge < -0.3 is 10.8 Å². The van der Waals surface area contributed by atoms with Gasteiger partial charge in [0.15, 0.2) is 11.6 Å². The zero-order valence-corrected chi connectivity index (χ0v) is 17.7.